The Balaban J connectivity index is 2.21. The summed E-state index contributed by atoms with van der Waals surface area (Å²) in [6.45, 7) is 0. The van der Waals surface area contributed by atoms with E-state index in [-0.39, 0.29) is 16.0 Å². The van der Waals surface area contributed by atoms with Crippen molar-refractivity contribution in [2.75, 3.05) is 0 Å². The van der Waals surface area contributed by atoms with E-state index in [0.717, 1.165) is 0 Å². The summed E-state index contributed by atoms with van der Waals surface area (Å²) in [5.74, 6) is -1.11. The summed E-state index contributed by atoms with van der Waals surface area (Å²) in [5, 5.41) is 10.3. The van der Waals surface area contributed by atoms with E-state index < -0.39 is 15.0 Å². The molecule has 25 heavy (non-hydrogen) atoms. The molecule has 3 aromatic carbocycles. The van der Waals surface area contributed by atoms with E-state index in [9.17, 15) is 18.3 Å². The number of hydrogen-bond donors (Lipinski definition) is 1. The summed E-state index contributed by atoms with van der Waals surface area (Å²) in [4.78, 5) is 20.3. The fourth-order valence-corrected chi connectivity index (χ4v) is 3.96. The van der Waals surface area contributed by atoms with Crippen LogP contribution >= 0.6 is 10.7 Å². The van der Waals surface area contributed by atoms with Crippen molar-refractivity contribution in [1.82, 2.24) is 9.97 Å². The zero-order chi connectivity index (χ0) is 17.8. The first-order chi connectivity index (χ1) is 11.9. The Kier molecular flexibility index (Phi) is 3.38. The van der Waals surface area contributed by atoms with Crippen LogP contribution < -0.4 is 0 Å². The Labute approximate surface area is 146 Å². The number of carboxylic acids is 1. The van der Waals surface area contributed by atoms with Crippen LogP contribution in [0.25, 0.3) is 32.8 Å². The predicted molar refractivity (Wildman–Crippen MR) is 94.5 cm³/mol. The van der Waals surface area contributed by atoms with Gasteiger partial charge >= 0.3 is 5.97 Å². The van der Waals surface area contributed by atoms with Crippen LogP contribution in [0.4, 0.5) is 0 Å². The Bertz CT molecular complexity index is 1300. The summed E-state index contributed by atoms with van der Waals surface area (Å²) in [6, 6.07) is 12.7. The molecule has 0 atom stereocenters. The number of benzene rings is 3. The molecular formula is C17H9ClN2O4S. The molecule has 0 radical (unpaired) electrons. The predicted octanol–water partition coefficient (Wildman–Crippen LogP) is 3.56. The Morgan fingerprint density at radius 3 is 2.32 bits per heavy atom. The second kappa shape index (κ2) is 5.37. The average molecular weight is 373 g/mol. The van der Waals surface area contributed by atoms with E-state index in [4.69, 9.17) is 10.7 Å². The maximum atomic E-state index is 11.8. The lowest BCUT2D eigenvalue weighted by Gasteiger charge is -2.08. The van der Waals surface area contributed by atoms with E-state index in [2.05, 4.69) is 9.97 Å². The van der Waals surface area contributed by atoms with E-state index in [0.29, 0.717) is 27.3 Å². The SMILES string of the molecule is O=C(O)c1cccc2nc3ccc4c(S(=O)(=O)Cl)cccc4c3nc12. The number of carbonyl (C=O) groups is 1. The monoisotopic (exact) mass is 372 g/mol. The molecule has 8 heteroatoms. The van der Waals surface area contributed by atoms with Crippen molar-refractivity contribution in [3.63, 3.8) is 0 Å². The number of halogens is 1. The second-order valence-electron chi connectivity index (χ2n) is 5.42. The van der Waals surface area contributed by atoms with Crippen molar-refractivity contribution in [2.45, 2.75) is 4.90 Å². The third-order valence-electron chi connectivity index (χ3n) is 3.94. The van der Waals surface area contributed by atoms with Crippen molar-refractivity contribution in [1.29, 1.82) is 0 Å². The van der Waals surface area contributed by atoms with Crippen LogP contribution in [0, 0.1) is 0 Å². The molecule has 1 heterocycles. The van der Waals surface area contributed by atoms with Crippen LogP contribution in [-0.2, 0) is 9.05 Å². The maximum Gasteiger partial charge on any atom is 0.337 e. The first-order valence-electron chi connectivity index (χ1n) is 7.16. The van der Waals surface area contributed by atoms with Gasteiger partial charge in [0.05, 0.1) is 27.0 Å². The summed E-state index contributed by atoms with van der Waals surface area (Å²) >= 11 is 0. The lowest BCUT2D eigenvalue weighted by Crippen LogP contribution is -2.00. The van der Waals surface area contributed by atoms with Gasteiger partial charge in [0.25, 0.3) is 9.05 Å². The van der Waals surface area contributed by atoms with Crippen LogP contribution in [0.5, 0.6) is 0 Å². The highest BCUT2D eigenvalue weighted by molar-refractivity contribution is 8.14. The zero-order valence-electron chi connectivity index (χ0n) is 12.5. The van der Waals surface area contributed by atoms with Gasteiger partial charge in [0.2, 0.25) is 0 Å². The van der Waals surface area contributed by atoms with E-state index in [1.807, 2.05) is 0 Å². The van der Waals surface area contributed by atoms with E-state index in [1.165, 1.54) is 12.1 Å². The molecule has 0 fully saturated rings. The van der Waals surface area contributed by atoms with Gasteiger partial charge < -0.3 is 5.11 Å². The third kappa shape index (κ3) is 2.48. The van der Waals surface area contributed by atoms with Crippen molar-refractivity contribution in [3.8, 4) is 0 Å². The molecule has 0 amide bonds. The van der Waals surface area contributed by atoms with E-state index in [1.54, 1.807) is 36.4 Å². The largest absolute Gasteiger partial charge is 0.478 e. The maximum absolute atomic E-state index is 11.8. The fourth-order valence-electron chi connectivity index (χ4n) is 2.88. The molecule has 1 aromatic heterocycles. The molecule has 4 rings (SSSR count). The van der Waals surface area contributed by atoms with Crippen molar-refractivity contribution >= 4 is 58.5 Å². The van der Waals surface area contributed by atoms with Gasteiger partial charge in [0, 0.05) is 21.5 Å². The van der Waals surface area contributed by atoms with Gasteiger partial charge in [-0.05, 0) is 24.3 Å². The highest BCUT2D eigenvalue weighted by Gasteiger charge is 2.17. The highest BCUT2D eigenvalue weighted by Crippen LogP contribution is 2.31. The summed E-state index contributed by atoms with van der Waals surface area (Å²) in [7, 11) is 1.58. The van der Waals surface area contributed by atoms with Crippen LogP contribution in [0.15, 0.2) is 53.4 Å². The molecular weight excluding hydrogens is 364 g/mol. The molecule has 4 aromatic rings. The summed E-state index contributed by atoms with van der Waals surface area (Å²) in [5.41, 5.74) is 1.68. The average Bonchev–Trinajstić information content (AvgIpc) is 2.57. The lowest BCUT2D eigenvalue weighted by atomic mass is 10.1. The summed E-state index contributed by atoms with van der Waals surface area (Å²) in [6.07, 6.45) is 0. The third-order valence-corrected chi connectivity index (χ3v) is 5.32. The van der Waals surface area contributed by atoms with Crippen molar-refractivity contribution < 1.29 is 18.3 Å². The molecule has 0 aliphatic carbocycles. The van der Waals surface area contributed by atoms with Crippen LogP contribution in [0.1, 0.15) is 10.4 Å². The van der Waals surface area contributed by atoms with Crippen LogP contribution in [0.3, 0.4) is 0 Å². The number of hydrogen-bond acceptors (Lipinski definition) is 5. The minimum Gasteiger partial charge on any atom is -0.478 e. The minimum atomic E-state index is -3.93. The number of carboxylic acid groups (broad SMARTS) is 1. The molecule has 0 aliphatic rings. The Morgan fingerprint density at radius 2 is 1.60 bits per heavy atom. The number of nitrogens with zero attached hydrogens (tertiary/aromatic N) is 2. The molecule has 6 nitrogen and oxygen atoms in total. The normalized spacial score (nSPS) is 12.0. The standard InChI is InChI=1S/C17H9ClN2O4S/c18-25(23,24)14-6-2-3-10-9(14)7-8-13-15(10)20-16-11(17(21)22)4-1-5-12(16)19-13/h1-8H,(H,21,22). The number of aromatic nitrogens is 2. The lowest BCUT2D eigenvalue weighted by molar-refractivity contribution is 0.0699. The van der Waals surface area contributed by atoms with Gasteiger partial charge in [0.1, 0.15) is 5.52 Å². The van der Waals surface area contributed by atoms with E-state index >= 15 is 0 Å². The highest BCUT2D eigenvalue weighted by atomic mass is 35.7. The first kappa shape index (κ1) is 15.7. The molecule has 0 bridgehead atoms. The fraction of sp³-hybridized carbons (Fsp3) is 0. The van der Waals surface area contributed by atoms with Gasteiger partial charge in [-0.3, -0.25) is 0 Å². The Morgan fingerprint density at radius 1 is 0.880 bits per heavy atom. The summed E-state index contributed by atoms with van der Waals surface area (Å²) < 4.78 is 23.6. The van der Waals surface area contributed by atoms with Gasteiger partial charge in [-0.1, -0.05) is 24.3 Å². The van der Waals surface area contributed by atoms with Gasteiger partial charge in [-0.25, -0.2) is 23.2 Å². The number of para-hydroxylation sites is 1. The molecule has 0 unspecified atom stereocenters. The smallest absolute Gasteiger partial charge is 0.337 e. The quantitative estimate of drug-likeness (QED) is 0.328. The molecule has 0 spiro atoms. The molecule has 0 saturated carbocycles. The first-order valence-corrected chi connectivity index (χ1v) is 9.47. The Hall–Kier alpha value is -2.77. The second-order valence-corrected chi connectivity index (χ2v) is 7.96. The van der Waals surface area contributed by atoms with Gasteiger partial charge in [0.15, 0.2) is 0 Å². The van der Waals surface area contributed by atoms with Gasteiger partial charge in [-0.2, -0.15) is 0 Å². The van der Waals surface area contributed by atoms with Crippen molar-refractivity contribution in [2.24, 2.45) is 0 Å². The molecule has 0 aliphatic heterocycles. The van der Waals surface area contributed by atoms with Crippen LogP contribution in [-0.4, -0.2) is 29.5 Å². The topological polar surface area (TPSA) is 97.2 Å². The number of rotatable bonds is 2. The molecule has 1 N–H and O–H groups in total. The molecule has 0 saturated heterocycles. The van der Waals surface area contributed by atoms with Gasteiger partial charge in [-0.15, -0.1) is 0 Å². The van der Waals surface area contributed by atoms with Crippen LogP contribution in [0.2, 0.25) is 0 Å². The number of aromatic carboxylic acids is 1. The minimum absolute atomic E-state index is 0.0259. The molecule has 124 valence electrons. The zero-order valence-corrected chi connectivity index (χ0v) is 14.0. The van der Waals surface area contributed by atoms with Crippen molar-refractivity contribution in [3.05, 3.63) is 54.1 Å². The number of fused-ring (bicyclic) bond motifs is 4.